The molecule has 2 aliphatic rings. The predicted octanol–water partition coefficient (Wildman–Crippen LogP) is 5.93. The van der Waals surface area contributed by atoms with E-state index in [1.165, 1.54) is 5.56 Å². The lowest BCUT2D eigenvalue weighted by molar-refractivity contribution is 0.0681. The number of aryl methyl sites for hydroxylation is 1. The number of nitriles is 1. The smallest absolute Gasteiger partial charge is 0.271 e. The Balaban J connectivity index is 1.59. The Morgan fingerprint density at radius 1 is 1.24 bits per heavy atom. The average Bonchev–Trinajstić information content (AvgIpc) is 3.69. The zero-order valence-corrected chi connectivity index (χ0v) is 22.3. The van der Waals surface area contributed by atoms with Gasteiger partial charge in [-0.05, 0) is 67.0 Å². The minimum Gasteiger partial charge on any atom is -0.496 e. The van der Waals surface area contributed by atoms with Crippen molar-refractivity contribution in [2.45, 2.75) is 44.7 Å². The lowest BCUT2D eigenvalue weighted by Crippen LogP contribution is -2.44. The van der Waals surface area contributed by atoms with Gasteiger partial charge in [0.15, 0.2) is 0 Å². The van der Waals surface area contributed by atoms with Crippen LogP contribution in [0.1, 0.15) is 48.7 Å². The van der Waals surface area contributed by atoms with Crippen molar-refractivity contribution >= 4 is 17.2 Å². The molecule has 0 bridgehead atoms. The quantitative estimate of drug-likeness (QED) is 0.340. The second kappa shape index (κ2) is 8.63. The Labute approximate surface area is 220 Å². The molecule has 0 aliphatic carbocycles. The monoisotopic (exact) mass is 511 g/mol. The van der Waals surface area contributed by atoms with Crippen molar-refractivity contribution in [1.82, 2.24) is 19.2 Å². The fourth-order valence-corrected chi connectivity index (χ4v) is 6.62. The van der Waals surface area contributed by atoms with Crippen molar-refractivity contribution in [1.29, 1.82) is 5.26 Å². The van der Waals surface area contributed by atoms with Gasteiger partial charge in [0.05, 0.1) is 24.6 Å². The van der Waals surface area contributed by atoms with Crippen LogP contribution in [0.15, 0.2) is 48.0 Å². The molecule has 2 aliphatic heterocycles. The van der Waals surface area contributed by atoms with Crippen LogP contribution < -0.4 is 4.74 Å². The number of nitrogens with zero attached hydrogens (tertiary/aromatic N) is 5. The van der Waals surface area contributed by atoms with Gasteiger partial charge >= 0.3 is 0 Å². The Kier molecular flexibility index (Phi) is 5.50. The molecule has 4 aromatic rings. The minimum absolute atomic E-state index is 0.0697. The van der Waals surface area contributed by atoms with Crippen molar-refractivity contribution in [2.75, 3.05) is 13.7 Å². The maximum atomic E-state index is 14.0. The number of rotatable bonds is 4. The largest absolute Gasteiger partial charge is 0.496 e. The molecular weight excluding hydrogens is 482 g/mol. The summed E-state index contributed by atoms with van der Waals surface area (Å²) < 4.78 is 9.78. The summed E-state index contributed by atoms with van der Waals surface area (Å²) in [6.07, 6.45) is 3.47. The Morgan fingerprint density at radius 3 is 2.76 bits per heavy atom. The van der Waals surface area contributed by atoms with Crippen molar-refractivity contribution in [3.05, 3.63) is 59.2 Å². The van der Waals surface area contributed by atoms with Gasteiger partial charge in [0.25, 0.3) is 5.91 Å². The first kappa shape index (κ1) is 23.6. The van der Waals surface area contributed by atoms with Crippen LogP contribution in [0.5, 0.6) is 5.75 Å². The van der Waals surface area contributed by atoms with E-state index in [0.29, 0.717) is 25.2 Å². The van der Waals surface area contributed by atoms with Crippen molar-refractivity contribution in [3.8, 4) is 44.8 Å². The van der Waals surface area contributed by atoms with E-state index in [1.54, 1.807) is 28.0 Å². The summed E-state index contributed by atoms with van der Waals surface area (Å²) in [5, 5.41) is 16.6. The number of aromatic nitrogens is 3. The zero-order valence-electron chi connectivity index (χ0n) is 21.5. The number of methoxy groups -OCH3 is 1. The number of hydrogen-bond donors (Lipinski definition) is 0. The maximum Gasteiger partial charge on any atom is 0.271 e. The molecule has 1 aromatic carbocycles. The number of carbonyl (C=O) groups excluding carboxylic acids is 1. The van der Waals surface area contributed by atoms with E-state index in [2.05, 4.69) is 46.2 Å². The summed E-state index contributed by atoms with van der Waals surface area (Å²) in [5.74, 6) is 0.894. The number of likely N-dealkylation sites (tertiary alicyclic amines) is 1. The fraction of sp³-hybridized carbons (Fsp3) is 0.345. The van der Waals surface area contributed by atoms with Gasteiger partial charge in [0, 0.05) is 47.9 Å². The standard InChI is InChI=1S/C29H29N5O2S/c1-18-16-33-24(28(35)34-10-6-9-29(34,2)17-30)14-22(26-7-5-12-37-26)27(33)20-13-21(23-8-11-32(3)31-23)25(36-4)15-19(18)20/h5,7-8,11-15,18H,6,9-10,16H2,1-4H3/t18-,29-/m1/s1. The summed E-state index contributed by atoms with van der Waals surface area (Å²) in [7, 11) is 3.60. The van der Waals surface area contributed by atoms with Crippen molar-refractivity contribution < 1.29 is 9.53 Å². The lowest BCUT2D eigenvalue weighted by Gasteiger charge is -2.31. The third-order valence-electron chi connectivity index (χ3n) is 7.83. The number of ether oxygens (including phenoxy) is 1. The maximum absolute atomic E-state index is 14.0. The van der Waals surface area contributed by atoms with Gasteiger partial charge in [-0.25, -0.2) is 0 Å². The number of hydrogen-bond acceptors (Lipinski definition) is 5. The molecule has 3 aromatic heterocycles. The summed E-state index contributed by atoms with van der Waals surface area (Å²) in [6, 6.07) is 14.9. The van der Waals surface area contributed by atoms with E-state index < -0.39 is 5.54 Å². The highest BCUT2D eigenvalue weighted by atomic mass is 32.1. The summed E-state index contributed by atoms with van der Waals surface area (Å²) in [5.41, 5.74) is 6.00. The number of thiophene rings is 1. The minimum atomic E-state index is -0.775. The molecule has 5 heterocycles. The molecule has 1 fully saturated rings. The van der Waals surface area contributed by atoms with E-state index in [4.69, 9.17) is 4.74 Å². The third kappa shape index (κ3) is 3.60. The van der Waals surface area contributed by atoms with Gasteiger partial charge in [-0.15, -0.1) is 11.3 Å². The highest BCUT2D eigenvalue weighted by Crippen LogP contribution is 2.48. The van der Waals surface area contributed by atoms with E-state index in [-0.39, 0.29) is 11.8 Å². The molecule has 6 rings (SSSR count). The Bertz CT molecular complexity index is 1560. The van der Waals surface area contributed by atoms with Gasteiger partial charge in [-0.1, -0.05) is 13.0 Å². The SMILES string of the molecule is COc1cc2c(cc1-c1ccn(C)n1)-c1c(-c3cccs3)cc(C(=O)N3CCC[C@]3(C)C#N)n1C[C@H]2C. The summed E-state index contributed by atoms with van der Waals surface area (Å²) in [6.45, 7) is 5.35. The fourth-order valence-electron chi connectivity index (χ4n) is 5.88. The first-order valence-corrected chi connectivity index (χ1v) is 13.5. The predicted molar refractivity (Wildman–Crippen MR) is 145 cm³/mol. The molecule has 1 saturated heterocycles. The number of amides is 1. The Morgan fingerprint density at radius 2 is 2.08 bits per heavy atom. The van der Waals surface area contributed by atoms with Gasteiger partial charge in [0.2, 0.25) is 0 Å². The molecule has 188 valence electrons. The molecular formula is C29H29N5O2S. The van der Waals surface area contributed by atoms with Crippen LogP contribution in [0.4, 0.5) is 0 Å². The third-order valence-corrected chi connectivity index (χ3v) is 8.74. The van der Waals surface area contributed by atoms with Crippen LogP contribution in [0.2, 0.25) is 0 Å². The number of carbonyl (C=O) groups is 1. The number of benzene rings is 1. The van der Waals surface area contributed by atoms with Crippen molar-refractivity contribution in [2.24, 2.45) is 7.05 Å². The molecule has 0 unspecified atom stereocenters. The lowest BCUT2D eigenvalue weighted by atomic mass is 9.87. The topological polar surface area (TPSA) is 76.1 Å². The molecule has 1 amide bonds. The highest BCUT2D eigenvalue weighted by molar-refractivity contribution is 7.13. The van der Waals surface area contributed by atoms with Crippen molar-refractivity contribution in [3.63, 3.8) is 0 Å². The van der Waals surface area contributed by atoms with Gasteiger partial charge < -0.3 is 14.2 Å². The van der Waals surface area contributed by atoms with Crippen LogP contribution in [0.25, 0.3) is 33.0 Å². The van der Waals surface area contributed by atoms with Gasteiger partial charge in [-0.3, -0.25) is 9.48 Å². The van der Waals surface area contributed by atoms with Crippen LogP contribution in [-0.2, 0) is 13.6 Å². The molecule has 8 heteroatoms. The summed E-state index contributed by atoms with van der Waals surface area (Å²) in [4.78, 5) is 16.9. The first-order valence-electron chi connectivity index (χ1n) is 12.6. The average molecular weight is 512 g/mol. The number of fused-ring (bicyclic) bond motifs is 3. The molecule has 0 spiro atoms. The van der Waals surface area contributed by atoms with Crippen LogP contribution in [0.3, 0.4) is 0 Å². The van der Waals surface area contributed by atoms with E-state index in [9.17, 15) is 10.1 Å². The zero-order chi connectivity index (χ0) is 25.9. The second-order valence-corrected chi connectivity index (χ2v) is 11.2. The van der Waals surface area contributed by atoms with Gasteiger partial charge in [0.1, 0.15) is 17.0 Å². The van der Waals surface area contributed by atoms with Crippen LogP contribution in [0, 0.1) is 11.3 Å². The molecule has 0 N–H and O–H groups in total. The molecule has 2 atom stereocenters. The van der Waals surface area contributed by atoms with Crippen LogP contribution >= 0.6 is 11.3 Å². The normalized spacial score (nSPS) is 20.4. The molecule has 37 heavy (non-hydrogen) atoms. The van der Waals surface area contributed by atoms with E-state index in [0.717, 1.165) is 45.1 Å². The molecule has 0 radical (unpaired) electrons. The first-order chi connectivity index (χ1) is 17.8. The van der Waals surface area contributed by atoms with E-state index >= 15 is 0 Å². The Hall–Kier alpha value is -3.83. The van der Waals surface area contributed by atoms with Crippen LogP contribution in [-0.4, -0.2) is 44.3 Å². The summed E-state index contributed by atoms with van der Waals surface area (Å²) >= 11 is 1.67. The van der Waals surface area contributed by atoms with Gasteiger partial charge in [-0.2, -0.15) is 10.4 Å². The molecule has 0 saturated carbocycles. The highest BCUT2D eigenvalue weighted by Gasteiger charge is 2.42. The van der Waals surface area contributed by atoms with E-state index in [1.807, 2.05) is 38.4 Å². The molecule has 7 nitrogen and oxygen atoms in total. The second-order valence-electron chi connectivity index (χ2n) is 10.2.